The molecule has 1 unspecified atom stereocenters. The maximum Gasteiger partial charge on any atom is 0.0672 e. The maximum atomic E-state index is 11.0. The van der Waals surface area contributed by atoms with E-state index in [2.05, 4.69) is 4.98 Å². The molecule has 4 nitrogen and oxygen atoms in total. The van der Waals surface area contributed by atoms with Gasteiger partial charge in [0, 0.05) is 23.0 Å². The highest BCUT2D eigenvalue weighted by atomic mass is 32.2. The molecule has 0 saturated heterocycles. The zero-order chi connectivity index (χ0) is 10.8. The summed E-state index contributed by atoms with van der Waals surface area (Å²) in [6.45, 7) is 5.49. The molecule has 0 aliphatic carbocycles. The molecule has 0 aliphatic heterocycles. The lowest BCUT2D eigenvalue weighted by Gasteiger charge is -2.37. The fourth-order valence-electron chi connectivity index (χ4n) is 1.17. The van der Waals surface area contributed by atoms with Crippen molar-refractivity contribution in [2.75, 3.05) is 4.31 Å². The molecule has 0 amide bonds. The lowest BCUT2D eigenvalue weighted by atomic mass is 10.1. The van der Waals surface area contributed by atoms with Gasteiger partial charge in [0.1, 0.15) is 0 Å². The van der Waals surface area contributed by atoms with Crippen LogP contribution in [0.1, 0.15) is 20.8 Å². The Morgan fingerprint density at radius 2 is 2.14 bits per heavy atom. The zero-order valence-corrected chi connectivity index (χ0v) is 9.25. The Kier molecular flexibility index (Phi) is 3.23. The minimum atomic E-state index is -2.28. The Morgan fingerprint density at radius 1 is 1.50 bits per heavy atom. The number of nitrogens with zero attached hydrogens (tertiary/aromatic N) is 2. The second-order valence-corrected chi connectivity index (χ2v) is 4.69. The van der Waals surface area contributed by atoms with Crippen LogP contribution < -0.4 is 4.31 Å². The molecule has 0 aliphatic rings. The largest absolute Gasteiger partial charge is 0.755 e. The van der Waals surface area contributed by atoms with E-state index in [9.17, 15) is 8.76 Å². The van der Waals surface area contributed by atoms with Crippen LogP contribution in [-0.4, -0.2) is 19.3 Å². The van der Waals surface area contributed by atoms with Crippen LogP contribution in [0.5, 0.6) is 0 Å². The highest BCUT2D eigenvalue weighted by Crippen LogP contribution is 2.23. The van der Waals surface area contributed by atoms with Gasteiger partial charge in [-0.1, -0.05) is 0 Å². The van der Waals surface area contributed by atoms with E-state index in [4.69, 9.17) is 0 Å². The van der Waals surface area contributed by atoms with E-state index in [1.807, 2.05) is 20.8 Å². The first-order valence-corrected chi connectivity index (χ1v) is 5.26. The summed E-state index contributed by atoms with van der Waals surface area (Å²) in [6, 6.07) is 3.43. The molecule has 0 spiro atoms. The van der Waals surface area contributed by atoms with Crippen molar-refractivity contribution >= 4 is 17.0 Å². The van der Waals surface area contributed by atoms with Crippen molar-refractivity contribution in [2.45, 2.75) is 26.3 Å². The summed E-state index contributed by atoms with van der Waals surface area (Å²) in [5.74, 6) is 0. The molecule has 0 saturated carbocycles. The van der Waals surface area contributed by atoms with E-state index >= 15 is 0 Å². The van der Waals surface area contributed by atoms with Gasteiger partial charge < -0.3 is 4.55 Å². The van der Waals surface area contributed by atoms with Gasteiger partial charge in [-0.15, -0.1) is 0 Å². The number of anilines is 1. The molecular weight excluding hydrogens is 200 g/mol. The van der Waals surface area contributed by atoms with Crippen molar-refractivity contribution in [3.8, 4) is 0 Å². The van der Waals surface area contributed by atoms with Crippen molar-refractivity contribution < 1.29 is 8.76 Å². The Bertz CT molecular complexity index is 321. The Balaban J connectivity index is 3.08. The Morgan fingerprint density at radius 3 is 2.50 bits per heavy atom. The molecule has 0 aromatic carbocycles. The Hall–Kier alpha value is -0.940. The molecule has 1 aromatic rings. The van der Waals surface area contributed by atoms with Crippen molar-refractivity contribution in [1.82, 2.24) is 4.98 Å². The second kappa shape index (κ2) is 4.06. The molecular formula is C9H13N2O2S-. The van der Waals surface area contributed by atoms with Gasteiger partial charge in [-0.3, -0.25) is 13.5 Å². The number of hydrogen-bond donors (Lipinski definition) is 0. The maximum absolute atomic E-state index is 11.0. The molecule has 78 valence electrons. The first-order valence-electron chi connectivity index (χ1n) is 4.22. The van der Waals surface area contributed by atoms with E-state index in [-0.39, 0.29) is 0 Å². The van der Waals surface area contributed by atoms with Gasteiger partial charge >= 0.3 is 0 Å². The van der Waals surface area contributed by atoms with Crippen molar-refractivity contribution in [2.24, 2.45) is 0 Å². The van der Waals surface area contributed by atoms with Gasteiger partial charge in [0.05, 0.1) is 11.9 Å². The standard InChI is InChI=1S/C9H14N2O2S/c1-9(2,3)11(14(12)13)8-5-4-6-10-7-8/h4-7H,1-3H3,(H,12,13)/p-1. The third kappa shape index (κ3) is 2.52. The van der Waals surface area contributed by atoms with E-state index in [0.29, 0.717) is 5.69 Å². The fourth-order valence-corrected chi connectivity index (χ4v) is 1.90. The predicted octanol–water partition coefficient (Wildman–Crippen LogP) is 1.48. The number of pyridine rings is 1. The quantitative estimate of drug-likeness (QED) is 0.699. The predicted molar refractivity (Wildman–Crippen MR) is 55.4 cm³/mol. The minimum Gasteiger partial charge on any atom is -0.755 e. The molecule has 0 radical (unpaired) electrons. The molecule has 1 rings (SSSR count). The molecule has 14 heavy (non-hydrogen) atoms. The average molecular weight is 213 g/mol. The molecule has 1 atom stereocenters. The smallest absolute Gasteiger partial charge is 0.0672 e. The highest BCUT2D eigenvalue weighted by molar-refractivity contribution is 7.80. The lowest BCUT2D eigenvalue weighted by Crippen LogP contribution is -2.42. The normalized spacial score (nSPS) is 13.7. The summed E-state index contributed by atoms with van der Waals surface area (Å²) in [7, 11) is 0. The van der Waals surface area contributed by atoms with Crippen LogP contribution in [0, 0.1) is 0 Å². The van der Waals surface area contributed by atoms with Crippen LogP contribution in [0.4, 0.5) is 5.69 Å². The lowest BCUT2D eigenvalue weighted by molar-refractivity contribution is 0.497. The zero-order valence-electron chi connectivity index (χ0n) is 8.43. The highest BCUT2D eigenvalue weighted by Gasteiger charge is 2.22. The van der Waals surface area contributed by atoms with E-state index in [1.54, 1.807) is 18.3 Å². The molecule has 0 fully saturated rings. The van der Waals surface area contributed by atoms with Crippen LogP contribution >= 0.6 is 0 Å². The number of rotatable bonds is 2. The third-order valence-electron chi connectivity index (χ3n) is 1.64. The van der Waals surface area contributed by atoms with E-state index in [0.717, 1.165) is 0 Å². The summed E-state index contributed by atoms with van der Waals surface area (Å²) in [5, 5.41) is 0. The summed E-state index contributed by atoms with van der Waals surface area (Å²) in [4.78, 5) is 3.89. The molecule has 0 bridgehead atoms. The Labute approximate surface area is 86.4 Å². The third-order valence-corrected chi connectivity index (χ3v) is 2.70. The summed E-state index contributed by atoms with van der Waals surface area (Å²) >= 11 is -2.28. The van der Waals surface area contributed by atoms with Crippen molar-refractivity contribution in [3.63, 3.8) is 0 Å². The monoisotopic (exact) mass is 213 g/mol. The molecule has 0 N–H and O–H groups in total. The SMILES string of the molecule is CC(C)(C)N(c1cccnc1)S(=O)[O-]. The van der Waals surface area contributed by atoms with Gasteiger partial charge in [-0.2, -0.15) is 0 Å². The first-order chi connectivity index (χ1) is 6.43. The first kappa shape index (κ1) is 11.1. The summed E-state index contributed by atoms with van der Waals surface area (Å²) in [5.41, 5.74) is 0.101. The van der Waals surface area contributed by atoms with Crippen molar-refractivity contribution in [1.29, 1.82) is 0 Å². The number of hydrogen-bond acceptors (Lipinski definition) is 3. The summed E-state index contributed by atoms with van der Waals surface area (Å²) in [6.07, 6.45) is 3.14. The van der Waals surface area contributed by atoms with Gasteiger partial charge in [0.15, 0.2) is 0 Å². The van der Waals surface area contributed by atoms with Crippen LogP contribution in [0.15, 0.2) is 24.5 Å². The topological polar surface area (TPSA) is 56.3 Å². The second-order valence-electron chi connectivity index (χ2n) is 3.89. The average Bonchev–Trinajstić information content (AvgIpc) is 2.02. The van der Waals surface area contributed by atoms with Crippen molar-refractivity contribution in [3.05, 3.63) is 24.5 Å². The van der Waals surface area contributed by atoms with E-state index < -0.39 is 16.8 Å². The fraction of sp³-hybridized carbons (Fsp3) is 0.444. The number of aromatic nitrogens is 1. The van der Waals surface area contributed by atoms with Gasteiger partial charge in [0.2, 0.25) is 0 Å². The van der Waals surface area contributed by atoms with Crippen LogP contribution in [0.25, 0.3) is 0 Å². The van der Waals surface area contributed by atoms with Crippen LogP contribution in [0.3, 0.4) is 0 Å². The minimum absolute atomic E-state index is 0.477. The van der Waals surface area contributed by atoms with E-state index in [1.165, 1.54) is 10.5 Å². The van der Waals surface area contributed by atoms with Crippen LogP contribution in [0.2, 0.25) is 0 Å². The molecule has 5 heteroatoms. The summed E-state index contributed by atoms with van der Waals surface area (Å²) < 4.78 is 23.4. The molecule has 1 aromatic heterocycles. The van der Waals surface area contributed by atoms with Gasteiger partial charge in [0.25, 0.3) is 0 Å². The van der Waals surface area contributed by atoms with Gasteiger partial charge in [-0.25, -0.2) is 0 Å². The van der Waals surface area contributed by atoms with Crippen LogP contribution in [-0.2, 0) is 11.3 Å². The van der Waals surface area contributed by atoms with Gasteiger partial charge in [-0.05, 0) is 32.9 Å². The molecule has 1 heterocycles.